The fourth-order valence-electron chi connectivity index (χ4n) is 2.94. The van der Waals surface area contributed by atoms with Crippen molar-refractivity contribution >= 4 is 45.2 Å². The highest BCUT2D eigenvalue weighted by molar-refractivity contribution is 9.10. The maximum absolute atomic E-state index is 12.2. The number of benzene rings is 1. The predicted octanol–water partition coefficient (Wildman–Crippen LogP) is 4.94. The molecule has 2 heterocycles. The number of carboxylic acid groups (broad SMARTS) is 1. The second-order valence-corrected chi connectivity index (χ2v) is 9.08. The lowest BCUT2D eigenvalue weighted by Crippen LogP contribution is -2.44. The van der Waals surface area contributed by atoms with Crippen LogP contribution in [0.5, 0.6) is 0 Å². The van der Waals surface area contributed by atoms with Gasteiger partial charge in [-0.15, -0.1) is 0 Å². The Morgan fingerprint density at radius 2 is 1.90 bits per heavy atom. The number of hydrogen-bond donors (Lipinski definition) is 2. The first-order valence-corrected chi connectivity index (χ1v) is 10.4. The van der Waals surface area contributed by atoms with Gasteiger partial charge in [0.05, 0.1) is 11.4 Å². The number of nitrogens with one attached hydrogen (secondary N) is 1. The number of nitrogens with zero attached hydrogens (tertiary/aromatic N) is 2. The molecule has 7 nitrogen and oxygen atoms in total. The molecule has 1 unspecified atom stereocenters. The topological polar surface area (TPSA) is 92.9 Å². The van der Waals surface area contributed by atoms with Gasteiger partial charge in [0, 0.05) is 27.7 Å². The van der Waals surface area contributed by atoms with Crippen molar-refractivity contribution in [2.45, 2.75) is 38.8 Å². The van der Waals surface area contributed by atoms with Crippen LogP contribution in [0, 0.1) is 0 Å². The Morgan fingerprint density at radius 3 is 2.50 bits per heavy atom. The Hall–Kier alpha value is -2.58. The fourth-order valence-corrected chi connectivity index (χ4v) is 3.41. The van der Waals surface area contributed by atoms with Gasteiger partial charge in [-0.2, -0.15) is 0 Å². The Balaban J connectivity index is 2.02. The van der Waals surface area contributed by atoms with Crippen LogP contribution in [0.25, 0.3) is 16.9 Å². The average Bonchev–Trinajstić information content (AvgIpc) is 2.98. The lowest BCUT2D eigenvalue weighted by Gasteiger charge is -2.22. The summed E-state index contributed by atoms with van der Waals surface area (Å²) in [7, 11) is 0. The quantitative estimate of drug-likeness (QED) is 0.524. The molecule has 0 fully saturated rings. The number of carbonyl (C=O) groups excluding carboxylic acids is 1. The zero-order valence-corrected chi connectivity index (χ0v) is 19.0. The van der Waals surface area contributed by atoms with Gasteiger partial charge in [-0.3, -0.25) is 0 Å². The second kappa shape index (κ2) is 8.65. The zero-order chi connectivity index (χ0) is 22.1. The molecule has 158 valence electrons. The summed E-state index contributed by atoms with van der Waals surface area (Å²) >= 11 is 9.44. The van der Waals surface area contributed by atoms with Crippen molar-refractivity contribution in [2.24, 2.45) is 0 Å². The molecule has 2 N–H and O–H groups in total. The molecule has 0 saturated carbocycles. The smallest absolute Gasteiger partial charge is 0.408 e. The van der Waals surface area contributed by atoms with Gasteiger partial charge in [0.15, 0.2) is 0 Å². The van der Waals surface area contributed by atoms with Gasteiger partial charge in [-0.1, -0.05) is 23.7 Å². The zero-order valence-electron chi connectivity index (χ0n) is 16.6. The summed E-state index contributed by atoms with van der Waals surface area (Å²) in [6, 6.07) is 9.60. The summed E-state index contributed by atoms with van der Waals surface area (Å²) in [6.45, 7) is 5.13. The van der Waals surface area contributed by atoms with E-state index in [1.807, 2.05) is 30.5 Å². The first-order chi connectivity index (χ1) is 14.0. The van der Waals surface area contributed by atoms with Gasteiger partial charge < -0.3 is 19.6 Å². The number of amides is 1. The number of pyridine rings is 1. The SMILES string of the molecule is CC(C)(C)OC(=O)NC(Cc1c(-c2ccc(Cl)cc2)nc2ccc(Br)cn12)C(=O)O. The summed E-state index contributed by atoms with van der Waals surface area (Å²) in [5.41, 5.74) is 1.95. The fraction of sp³-hybridized carbons (Fsp3) is 0.286. The summed E-state index contributed by atoms with van der Waals surface area (Å²) in [5, 5.41) is 12.7. The lowest BCUT2D eigenvalue weighted by atomic mass is 10.0. The minimum absolute atomic E-state index is 0.00412. The molecule has 0 radical (unpaired) electrons. The van der Waals surface area contributed by atoms with Crippen LogP contribution < -0.4 is 5.32 Å². The molecule has 0 aliphatic carbocycles. The first kappa shape index (κ1) is 22.1. The van der Waals surface area contributed by atoms with E-state index in [0.29, 0.717) is 22.1 Å². The normalized spacial score (nSPS) is 12.6. The second-order valence-electron chi connectivity index (χ2n) is 7.73. The Morgan fingerprint density at radius 1 is 1.23 bits per heavy atom. The van der Waals surface area contributed by atoms with E-state index >= 15 is 0 Å². The lowest BCUT2D eigenvalue weighted by molar-refractivity contribution is -0.139. The number of imidazole rings is 1. The minimum atomic E-state index is -1.20. The number of hydrogen-bond acceptors (Lipinski definition) is 4. The number of carboxylic acids is 1. The molecule has 1 amide bonds. The summed E-state index contributed by atoms with van der Waals surface area (Å²) in [4.78, 5) is 28.7. The number of aromatic nitrogens is 2. The highest BCUT2D eigenvalue weighted by Crippen LogP contribution is 2.28. The summed E-state index contributed by atoms with van der Waals surface area (Å²) in [5.74, 6) is -1.17. The van der Waals surface area contributed by atoms with Crippen LogP contribution in [0.1, 0.15) is 26.5 Å². The van der Waals surface area contributed by atoms with Gasteiger partial charge in [-0.25, -0.2) is 14.6 Å². The number of halogens is 2. The van der Waals surface area contributed by atoms with Gasteiger partial charge in [0.25, 0.3) is 0 Å². The van der Waals surface area contributed by atoms with Crippen molar-refractivity contribution in [1.29, 1.82) is 0 Å². The highest BCUT2D eigenvalue weighted by atomic mass is 79.9. The molecule has 1 aromatic carbocycles. The molecule has 0 saturated heterocycles. The summed E-state index contributed by atoms with van der Waals surface area (Å²) < 4.78 is 7.83. The maximum Gasteiger partial charge on any atom is 0.408 e. The Labute approximate surface area is 187 Å². The molecule has 9 heteroatoms. The molecular formula is C21H21BrClN3O4. The number of alkyl carbamates (subject to hydrolysis) is 1. The molecular weight excluding hydrogens is 474 g/mol. The van der Waals surface area contributed by atoms with E-state index in [1.165, 1.54) is 0 Å². The minimum Gasteiger partial charge on any atom is -0.480 e. The van der Waals surface area contributed by atoms with E-state index in [0.717, 1.165) is 10.0 Å². The first-order valence-electron chi connectivity index (χ1n) is 9.18. The molecule has 1 atom stereocenters. The van der Waals surface area contributed by atoms with Crippen molar-refractivity contribution in [2.75, 3.05) is 0 Å². The number of ether oxygens (including phenoxy) is 1. The number of carbonyl (C=O) groups is 2. The van der Waals surface area contributed by atoms with Gasteiger partial charge in [0.2, 0.25) is 0 Å². The van der Waals surface area contributed by atoms with E-state index in [9.17, 15) is 14.7 Å². The van der Waals surface area contributed by atoms with Crippen molar-refractivity contribution in [3.8, 4) is 11.3 Å². The van der Waals surface area contributed by atoms with Crippen LogP contribution in [0.4, 0.5) is 4.79 Å². The van der Waals surface area contributed by atoms with Crippen molar-refractivity contribution < 1.29 is 19.4 Å². The van der Waals surface area contributed by atoms with E-state index in [4.69, 9.17) is 16.3 Å². The molecule has 0 aliphatic heterocycles. The third-order valence-electron chi connectivity index (χ3n) is 4.19. The van der Waals surface area contributed by atoms with Crippen LogP contribution in [-0.2, 0) is 16.0 Å². The maximum atomic E-state index is 12.2. The van der Waals surface area contributed by atoms with Crippen molar-refractivity contribution in [1.82, 2.24) is 14.7 Å². The van der Waals surface area contributed by atoms with E-state index < -0.39 is 23.7 Å². The van der Waals surface area contributed by atoms with E-state index in [2.05, 4.69) is 26.2 Å². The largest absolute Gasteiger partial charge is 0.480 e. The average molecular weight is 495 g/mol. The molecule has 3 rings (SSSR count). The highest BCUT2D eigenvalue weighted by Gasteiger charge is 2.27. The van der Waals surface area contributed by atoms with Crippen LogP contribution in [0.2, 0.25) is 5.02 Å². The number of fused-ring (bicyclic) bond motifs is 1. The van der Waals surface area contributed by atoms with Gasteiger partial charge in [0.1, 0.15) is 17.3 Å². The molecule has 2 aromatic heterocycles. The molecule has 3 aromatic rings. The van der Waals surface area contributed by atoms with Crippen LogP contribution in [-0.4, -0.2) is 38.2 Å². The van der Waals surface area contributed by atoms with Crippen LogP contribution in [0.3, 0.4) is 0 Å². The number of aliphatic carboxylic acids is 1. The molecule has 0 aliphatic rings. The standard InChI is InChI=1S/C21H21BrClN3O4/c1-21(2,3)30-20(29)24-15(19(27)28)10-16-18(12-4-7-14(23)8-5-12)25-17-9-6-13(22)11-26(16)17/h4-9,11,15H,10H2,1-3H3,(H,24,29)(H,27,28). The molecule has 0 bridgehead atoms. The van der Waals surface area contributed by atoms with Gasteiger partial charge in [-0.05, 0) is 61.0 Å². The van der Waals surface area contributed by atoms with Crippen molar-refractivity contribution in [3.05, 3.63) is 57.8 Å². The third-order valence-corrected chi connectivity index (χ3v) is 4.91. The van der Waals surface area contributed by atoms with Crippen LogP contribution in [0.15, 0.2) is 47.1 Å². The predicted molar refractivity (Wildman–Crippen MR) is 118 cm³/mol. The van der Waals surface area contributed by atoms with Gasteiger partial charge >= 0.3 is 12.1 Å². The molecule has 30 heavy (non-hydrogen) atoms. The third kappa shape index (κ3) is 5.31. The van der Waals surface area contributed by atoms with Crippen LogP contribution >= 0.6 is 27.5 Å². The summed E-state index contributed by atoms with van der Waals surface area (Å²) in [6.07, 6.45) is 1.02. The Bertz CT molecular complexity index is 1090. The monoisotopic (exact) mass is 493 g/mol. The molecule has 0 spiro atoms. The van der Waals surface area contributed by atoms with E-state index in [-0.39, 0.29) is 6.42 Å². The number of rotatable bonds is 5. The van der Waals surface area contributed by atoms with E-state index in [1.54, 1.807) is 37.3 Å². The Kier molecular flexibility index (Phi) is 6.38. The van der Waals surface area contributed by atoms with Crippen molar-refractivity contribution in [3.63, 3.8) is 0 Å².